The first-order valence-electron chi connectivity index (χ1n) is 10.6. The maximum absolute atomic E-state index is 13.4. The Morgan fingerprint density at radius 1 is 1.09 bits per heavy atom. The predicted octanol–water partition coefficient (Wildman–Crippen LogP) is 4.66. The van der Waals surface area contributed by atoms with Gasteiger partial charge in [-0.05, 0) is 50.1 Å². The van der Waals surface area contributed by atoms with Crippen LogP contribution in [0.2, 0.25) is 0 Å². The van der Waals surface area contributed by atoms with Gasteiger partial charge in [0.1, 0.15) is 17.5 Å². The van der Waals surface area contributed by atoms with E-state index in [1.165, 1.54) is 24.1 Å². The highest BCUT2D eigenvalue weighted by molar-refractivity contribution is 5.89. The van der Waals surface area contributed by atoms with Crippen molar-refractivity contribution in [2.24, 2.45) is 0 Å². The van der Waals surface area contributed by atoms with Crippen molar-refractivity contribution in [2.45, 2.75) is 51.9 Å². The smallest absolute Gasteiger partial charge is 0.411 e. The van der Waals surface area contributed by atoms with E-state index in [4.69, 9.17) is 9.47 Å². The number of aromatic nitrogens is 1. The van der Waals surface area contributed by atoms with Gasteiger partial charge in [-0.1, -0.05) is 30.3 Å². The van der Waals surface area contributed by atoms with Crippen LogP contribution in [0.15, 0.2) is 48.5 Å². The lowest BCUT2D eigenvalue weighted by atomic mass is 9.97. The van der Waals surface area contributed by atoms with E-state index >= 15 is 0 Å². The van der Waals surface area contributed by atoms with Crippen LogP contribution in [0.25, 0.3) is 10.9 Å². The van der Waals surface area contributed by atoms with E-state index in [1.807, 2.05) is 24.3 Å². The van der Waals surface area contributed by atoms with Crippen molar-refractivity contribution in [3.05, 3.63) is 71.2 Å². The molecule has 0 radical (unpaired) electrons. The van der Waals surface area contributed by atoms with E-state index in [0.717, 1.165) is 27.7 Å². The number of hydrogen-bond donors (Lipinski definition) is 0. The van der Waals surface area contributed by atoms with Crippen LogP contribution >= 0.6 is 0 Å². The summed E-state index contributed by atoms with van der Waals surface area (Å²) in [5, 5.41) is 1.03. The third-order valence-electron chi connectivity index (χ3n) is 5.64. The molecule has 4 rings (SSSR count). The summed E-state index contributed by atoms with van der Waals surface area (Å²) in [5.41, 5.74) is 3.18. The molecular weight excluding hydrogens is 411 g/mol. The lowest BCUT2D eigenvalue weighted by Gasteiger charge is -2.35. The minimum absolute atomic E-state index is 0.208. The van der Waals surface area contributed by atoms with Crippen LogP contribution in [0.4, 0.5) is 9.18 Å². The Morgan fingerprint density at radius 3 is 2.44 bits per heavy atom. The van der Waals surface area contributed by atoms with Gasteiger partial charge in [0.15, 0.2) is 0 Å². The van der Waals surface area contributed by atoms with Crippen molar-refractivity contribution in [1.29, 1.82) is 0 Å². The van der Waals surface area contributed by atoms with Crippen molar-refractivity contribution < 1.29 is 23.5 Å². The number of carbonyl (C=O) groups excluding carboxylic acids is 2. The predicted molar refractivity (Wildman–Crippen MR) is 119 cm³/mol. The third-order valence-corrected chi connectivity index (χ3v) is 5.64. The van der Waals surface area contributed by atoms with Crippen molar-refractivity contribution in [3.63, 3.8) is 0 Å². The molecule has 0 saturated carbocycles. The highest BCUT2D eigenvalue weighted by Crippen LogP contribution is 2.34. The van der Waals surface area contributed by atoms with Crippen molar-refractivity contribution >= 4 is 23.0 Å². The zero-order valence-electron chi connectivity index (χ0n) is 18.7. The van der Waals surface area contributed by atoms with Crippen LogP contribution in [0.3, 0.4) is 0 Å². The summed E-state index contributed by atoms with van der Waals surface area (Å²) in [6, 6.07) is 13.6. The molecule has 0 spiro atoms. The van der Waals surface area contributed by atoms with E-state index in [9.17, 15) is 14.0 Å². The van der Waals surface area contributed by atoms with Gasteiger partial charge in [0.05, 0.1) is 13.7 Å². The third kappa shape index (κ3) is 4.20. The molecule has 1 aromatic heterocycles. The Bertz CT molecular complexity index is 1160. The number of nitrogens with zero attached hydrogens (tertiary/aromatic N) is 2. The minimum Gasteiger partial charge on any atom is -0.467 e. The monoisotopic (exact) mass is 438 g/mol. The lowest BCUT2D eigenvalue weighted by Crippen LogP contribution is -2.50. The van der Waals surface area contributed by atoms with Gasteiger partial charge in [0.2, 0.25) is 0 Å². The van der Waals surface area contributed by atoms with Crippen LogP contribution in [-0.2, 0) is 33.8 Å². The van der Waals surface area contributed by atoms with Crippen LogP contribution in [0, 0.1) is 5.82 Å². The van der Waals surface area contributed by atoms with Gasteiger partial charge < -0.3 is 14.0 Å². The number of ether oxygens (including phenoxy) is 2. The van der Waals surface area contributed by atoms with Crippen molar-refractivity contribution in [3.8, 4) is 0 Å². The molecule has 1 atom stereocenters. The molecule has 0 fully saturated rings. The number of halogens is 1. The van der Waals surface area contributed by atoms with Crippen LogP contribution in [-0.4, -0.2) is 40.3 Å². The number of carbonyl (C=O) groups is 2. The van der Waals surface area contributed by atoms with Crippen molar-refractivity contribution in [2.75, 3.05) is 7.11 Å². The van der Waals surface area contributed by atoms with Gasteiger partial charge in [-0.25, -0.2) is 14.0 Å². The number of rotatable bonds is 3. The molecule has 6 nitrogen and oxygen atoms in total. The maximum atomic E-state index is 13.4. The average Bonchev–Trinajstić information content (AvgIpc) is 3.05. The number of benzene rings is 2. The molecule has 2 heterocycles. The fourth-order valence-electron chi connectivity index (χ4n) is 4.22. The number of fused-ring (bicyclic) bond motifs is 3. The molecule has 1 unspecified atom stereocenters. The summed E-state index contributed by atoms with van der Waals surface area (Å²) in [4.78, 5) is 27.1. The Kier molecular flexibility index (Phi) is 5.67. The Labute approximate surface area is 186 Å². The fraction of sp³-hybridized carbons (Fsp3) is 0.360. The second-order valence-corrected chi connectivity index (χ2v) is 9.01. The first-order valence-corrected chi connectivity index (χ1v) is 10.6. The molecule has 0 saturated heterocycles. The number of methoxy groups -OCH3 is 1. The standard InChI is InChI=1S/C25H27FN2O4/c1-25(2,3)32-24(30)28-15-22-19(13-21(28)23(29)31-4)18-7-5-6-8-20(18)27(22)14-16-9-11-17(26)12-10-16/h5-12,21H,13-15H2,1-4H3. The fourth-order valence-corrected chi connectivity index (χ4v) is 4.22. The summed E-state index contributed by atoms with van der Waals surface area (Å²) in [6.07, 6.45) is -0.227. The number of amides is 1. The Balaban J connectivity index is 1.81. The number of hydrogen-bond acceptors (Lipinski definition) is 4. The average molecular weight is 438 g/mol. The zero-order chi connectivity index (χ0) is 23.0. The SMILES string of the molecule is COC(=O)C1Cc2c(n(Cc3ccc(F)cc3)c3ccccc23)CN1C(=O)OC(C)(C)C. The van der Waals surface area contributed by atoms with Gasteiger partial charge in [-0.15, -0.1) is 0 Å². The molecule has 3 aromatic rings. The quantitative estimate of drug-likeness (QED) is 0.558. The molecule has 7 heteroatoms. The van der Waals surface area contributed by atoms with Crippen LogP contribution in [0.1, 0.15) is 37.6 Å². The van der Waals surface area contributed by atoms with Crippen LogP contribution in [0.5, 0.6) is 0 Å². The second kappa shape index (κ2) is 8.30. The van der Waals surface area contributed by atoms with E-state index in [-0.39, 0.29) is 12.4 Å². The van der Waals surface area contributed by atoms with Crippen molar-refractivity contribution in [1.82, 2.24) is 9.47 Å². The zero-order valence-corrected chi connectivity index (χ0v) is 18.7. The summed E-state index contributed by atoms with van der Waals surface area (Å²) in [6.45, 7) is 6.10. The molecule has 1 aliphatic rings. The van der Waals surface area contributed by atoms with E-state index < -0.39 is 23.7 Å². The molecule has 32 heavy (non-hydrogen) atoms. The number of para-hydroxylation sites is 1. The highest BCUT2D eigenvalue weighted by Gasteiger charge is 2.40. The molecule has 1 amide bonds. The van der Waals surface area contributed by atoms with Gasteiger partial charge in [0.25, 0.3) is 0 Å². The lowest BCUT2D eigenvalue weighted by molar-refractivity contribution is -0.147. The number of esters is 1. The molecule has 168 valence electrons. The molecular formula is C25H27FN2O4. The first kappa shape index (κ1) is 21.9. The molecule has 0 aliphatic carbocycles. The summed E-state index contributed by atoms with van der Waals surface area (Å²) < 4.78 is 26.1. The van der Waals surface area contributed by atoms with Gasteiger partial charge in [0, 0.05) is 29.6 Å². The normalized spacial score (nSPS) is 16.0. The first-order chi connectivity index (χ1) is 15.2. The molecule has 2 aromatic carbocycles. The molecule has 0 bridgehead atoms. The molecule has 1 aliphatic heterocycles. The Hall–Kier alpha value is -3.35. The van der Waals surface area contributed by atoms with E-state index in [1.54, 1.807) is 32.9 Å². The van der Waals surface area contributed by atoms with Gasteiger partial charge >= 0.3 is 12.1 Å². The topological polar surface area (TPSA) is 60.8 Å². The summed E-state index contributed by atoms with van der Waals surface area (Å²) in [7, 11) is 1.32. The van der Waals surface area contributed by atoms with Crippen LogP contribution < -0.4 is 0 Å². The maximum Gasteiger partial charge on any atom is 0.411 e. The highest BCUT2D eigenvalue weighted by atomic mass is 19.1. The van der Waals surface area contributed by atoms with E-state index in [0.29, 0.717) is 13.0 Å². The van der Waals surface area contributed by atoms with Gasteiger partial charge in [-0.2, -0.15) is 0 Å². The largest absolute Gasteiger partial charge is 0.467 e. The van der Waals surface area contributed by atoms with E-state index in [2.05, 4.69) is 4.57 Å². The van der Waals surface area contributed by atoms with Gasteiger partial charge in [-0.3, -0.25) is 4.90 Å². The Morgan fingerprint density at radius 2 is 1.78 bits per heavy atom. The molecule has 0 N–H and O–H groups in total. The summed E-state index contributed by atoms with van der Waals surface area (Å²) >= 11 is 0. The summed E-state index contributed by atoms with van der Waals surface area (Å²) in [5.74, 6) is -0.762. The second-order valence-electron chi connectivity index (χ2n) is 9.01. The minimum atomic E-state index is -0.771.